The molecule has 0 unspecified atom stereocenters. The van der Waals surface area contributed by atoms with Crippen LogP contribution in [-0.4, -0.2) is 33.4 Å². The smallest absolute Gasteiger partial charge is 0.289 e. The molecule has 22 heavy (non-hydrogen) atoms. The van der Waals surface area contributed by atoms with Crippen molar-refractivity contribution in [3.63, 3.8) is 0 Å². The first-order valence-corrected chi connectivity index (χ1v) is 8.10. The van der Waals surface area contributed by atoms with E-state index < -0.39 is 0 Å². The van der Waals surface area contributed by atoms with Crippen molar-refractivity contribution in [3.05, 3.63) is 53.6 Å². The summed E-state index contributed by atoms with van der Waals surface area (Å²) in [6.45, 7) is 4.49. The van der Waals surface area contributed by atoms with E-state index in [2.05, 4.69) is 36.2 Å². The molecule has 0 bridgehead atoms. The first-order valence-electron chi connectivity index (χ1n) is 8.10. The largest absolute Gasteiger partial charge is 0.336 e. The van der Waals surface area contributed by atoms with Crippen molar-refractivity contribution in [3.8, 4) is 0 Å². The van der Waals surface area contributed by atoms with Crippen molar-refractivity contribution in [2.45, 2.75) is 39.2 Å². The van der Waals surface area contributed by atoms with Gasteiger partial charge in [-0.2, -0.15) is 0 Å². The zero-order valence-electron chi connectivity index (χ0n) is 13.2. The van der Waals surface area contributed by atoms with E-state index in [1.807, 2.05) is 15.7 Å². The third-order valence-corrected chi connectivity index (χ3v) is 4.24. The standard InChI is InChI=1S/C18H23N3O/c1-15-7-6-8-16(13-15)14-21-12-9-19-17(21)18(22)20-10-4-2-3-5-11-20/h6-9,12-13H,2-5,10-11,14H2,1H3. The summed E-state index contributed by atoms with van der Waals surface area (Å²) in [6, 6.07) is 8.38. The van der Waals surface area contributed by atoms with E-state index in [4.69, 9.17) is 0 Å². The highest BCUT2D eigenvalue weighted by Crippen LogP contribution is 2.14. The number of carbonyl (C=O) groups is 1. The number of rotatable bonds is 3. The predicted octanol–water partition coefficient (Wildman–Crippen LogP) is 3.26. The molecule has 4 nitrogen and oxygen atoms in total. The van der Waals surface area contributed by atoms with Crippen LogP contribution in [0, 0.1) is 6.92 Å². The summed E-state index contributed by atoms with van der Waals surface area (Å²) in [7, 11) is 0. The van der Waals surface area contributed by atoms with E-state index in [0.717, 1.165) is 25.9 Å². The van der Waals surface area contributed by atoms with Crippen LogP contribution in [0.2, 0.25) is 0 Å². The molecule has 0 N–H and O–H groups in total. The number of aryl methyl sites for hydroxylation is 1. The summed E-state index contributed by atoms with van der Waals surface area (Å²) >= 11 is 0. The number of aromatic nitrogens is 2. The van der Waals surface area contributed by atoms with Gasteiger partial charge in [-0.05, 0) is 25.3 Å². The Morgan fingerprint density at radius 3 is 2.68 bits per heavy atom. The molecule has 0 atom stereocenters. The zero-order chi connectivity index (χ0) is 15.4. The lowest BCUT2D eigenvalue weighted by Gasteiger charge is -2.20. The van der Waals surface area contributed by atoms with E-state index in [1.54, 1.807) is 6.20 Å². The minimum absolute atomic E-state index is 0.0690. The van der Waals surface area contributed by atoms with Crippen molar-refractivity contribution in [2.75, 3.05) is 13.1 Å². The Hall–Kier alpha value is -2.10. The molecule has 3 rings (SSSR count). The molecule has 1 saturated heterocycles. The van der Waals surface area contributed by atoms with E-state index in [1.165, 1.54) is 24.0 Å². The summed E-state index contributed by atoms with van der Waals surface area (Å²) in [5.41, 5.74) is 2.43. The lowest BCUT2D eigenvalue weighted by Crippen LogP contribution is -2.33. The molecular formula is C18H23N3O. The maximum absolute atomic E-state index is 12.7. The minimum atomic E-state index is 0.0690. The minimum Gasteiger partial charge on any atom is -0.336 e. The van der Waals surface area contributed by atoms with Crippen LogP contribution < -0.4 is 0 Å². The summed E-state index contributed by atoms with van der Waals surface area (Å²) in [5, 5.41) is 0. The first kappa shape index (κ1) is 14.8. The molecular weight excluding hydrogens is 274 g/mol. The second kappa shape index (κ2) is 6.77. The van der Waals surface area contributed by atoms with Gasteiger partial charge in [-0.3, -0.25) is 4.79 Å². The maximum Gasteiger partial charge on any atom is 0.289 e. The molecule has 0 radical (unpaired) electrons. The van der Waals surface area contributed by atoms with Gasteiger partial charge in [-0.15, -0.1) is 0 Å². The summed E-state index contributed by atoms with van der Waals surface area (Å²) < 4.78 is 1.96. The predicted molar refractivity (Wildman–Crippen MR) is 86.9 cm³/mol. The van der Waals surface area contributed by atoms with Crippen molar-refractivity contribution in [1.82, 2.24) is 14.5 Å². The summed E-state index contributed by atoms with van der Waals surface area (Å²) in [4.78, 5) is 19.0. The van der Waals surface area contributed by atoms with E-state index in [9.17, 15) is 4.79 Å². The van der Waals surface area contributed by atoms with Gasteiger partial charge in [0.1, 0.15) is 0 Å². The van der Waals surface area contributed by atoms with Gasteiger partial charge >= 0.3 is 0 Å². The molecule has 0 aliphatic carbocycles. The van der Waals surface area contributed by atoms with E-state index in [-0.39, 0.29) is 5.91 Å². The zero-order valence-corrected chi connectivity index (χ0v) is 13.2. The number of likely N-dealkylation sites (tertiary alicyclic amines) is 1. The SMILES string of the molecule is Cc1cccc(Cn2ccnc2C(=O)N2CCCCCC2)c1. The molecule has 1 aromatic carbocycles. The Morgan fingerprint density at radius 1 is 1.18 bits per heavy atom. The fourth-order valence-corrected chi connectivity index (χ4v) is 3.06. The Labute approximate surface area is 131 Å². The third kappa shape index (κ3) is 3.38. The van der Waals surface area contributed by atoms with Crippen molar-refractivity contribution in [1.29, 1.82) is 0 Å². The molecule has 1 aliphatic heterocycles. The van der Waals surface area contributed by atoms with E-state index >= 15 is 0 Å². The molecule has 1 aliphatic rings. The molecule has 2 aromatic rings. The fourth-order valence-electron chi connectivity index (χ4n) is 3.06. The average molecular weight is 297 g/mol. The lowest BCUT2D eigenvalue weighted by molar-refractivity contribution is 0.0745. The molecule has 1 fully saturated rings. The van der Waals surface area contributed by atoms with Gasteiger partial charge < -0.3 is 9.47 Å². The monoisotopic (exact) mass is 297 g/mol. The van der Waals surface area contributed by atoms with Crippen molar-refractivity contribution in [2.24, 2.45) is 0 Å². The summed E-state index contributed by atoms with van der Waals surface area (Å²) in [5.74, 6) is 0.628. The molecule has 0 spiro atoms. The van der Waals surface area contributed by atoms with Crippen LogP contribution in [0.3, 0.4) is 0 Å². The second-order valence-corrected chi connectivity index (χ2v) is 6.07. The van der Waals surface area contributed by atoms with Gasteiger partial charge in [0.25, 0.3) is 5.91 Å². The second-order valence-electron chi connectivity index (χ2n) is 6.07. The number of carbonyl (C=O) groups excluding carboxylic acids is 1. The molecule has 4 heteroatoms. The van der Waals surface area contributed by atoms with E-state index in [0.29, 0.717) is 12.4 Å². The molecule has 0 saturated carbocycles. The number of imidazole rings is 1. The van der Waals surface area contributed by atoms with Crippen LogP contribution in [0.15, 0.2) is 36.7 Å². The number of amides is 1. The van der Waals surface area contributed by atoms with Crippen molar-refractivity contribution >= 4 is 5.91 Å². The maximum atomic E-state index is 12.7. The van der Waals surface area contributed by atoms with Crippen molar-refractivity contribution < 1.29 is 4.79 Å². The number of nitrogens with zero attached hydrogens (tertiary/aromatic N) is 3. The molecule has 1 aromatic heterocycles. The van der Waals surface area contributed by atoms with Gasteiger partial charge in [0.05, 0.1) is 0 Å². The first-order chi connectivity index (χ1) is 10.7. The van der Waals surface area contributed by atoms with Crippen LogP contribution >= 0.6 is 0 Å². The fraction of sp³-hybridized carbons (Fsp3) is 0.444. The average Bonchev–Trinajstić information content (AvgIpc) is 2.80. The van der Waals surface area contributed by atoms with Gasteiger partial charge in [-0.1, -0.05) is 42.7 Å². The van der Waals surface area contributed by atoms with Crippen LogP contribution in [0.4, 0.5) is 0 Å². The lowest BCUT2D eigenvalue weighted by atomic mass is 10.1. The molecule has 2 heterocycles. The molecule has 1 amide bonds. The van der Waals surface area contributed by atoms with Gasteiger partial charge in [-0.25, -0.2) is 4.98 Å². The van der Waals surface area contributed by atoms with Gasteiger partial charge in [0, 0.05) is 32.0 Å². The van der Waals surface area contributed by atoms with Gasteiger partial charge in [0.2, 0.25) is 0 Å². The number of hydrogen-bond acceptors (Lipinski definition) is 2. The highest BCUT2D eigenvalue weighted by atomic mass is 16.2. The molecule has 116 valence electrons. The van der Waals surface area contributed by atoms with Crippen LogP contribution in [0.25, 0.3) is 0 Å². The van der Waals surface area contributed by atoms with Crippen LogP contribution in [-0.2, 0) is 6.54 Å². The quantitative estimate of drug-likeness (QED) is 0.872. The van der Waals surface area contributed by atoms with Gasteiger partial charge in [0.15, 0.2) is 5.82 Å². The third-order valence-electron chi connectivity index (χ3n) is 4.24. The van der Waals surface area contributed by atoms with Crippen LogP contribution in [0.5, 0.6) is 0 Å². The van der Waals surface area contributed by atoms with Crippen LogP contribution in [0.1, 0.15) is 47.4 Å². The Kier molecular flexibility index (Phi) is 4.56. The topological polar surface area (TPSA) is 38.1 Å². The normalized spacial score (nSPS) is 15.6. The highest BCUT2D eigenvalue weighted by molar-refractivity contribution is 5.90. The highest BCUT2D eigenvalue weighted by Gasteiger charge is 2.21. The number of hydrogen-bond donors (Lipinski definition) is 0. The summed E-state index contributed by atoms with van der Waals surface area (Å²) in [6.07, 6.45) is 8.27. The Morgan fingerprint density at radius 2 is 1.95 bits per heavy atom. The Balaban J connectivity index is 1.77. The number of benzene rings is 1. The Bertz CT molecular complexity index is 639.